The van der Waals surface area contributed by atoms with Gasteiger partial charge >= 0.3 is 0 Å². The van der Waals surface area contributed by atoms with Crippen molar-refractivity contribution < 1.29 is 9.53 Å². The van der Waals surface area contributed by atoms with E-state index >= 15 is 0 Å². The van der Waals surface area contributed by atoms with Gasteiger partial charge in [-0.05, 0) is 19.4 Å². The summed E-state index contributed by atoms with van der Waals surface area (Å²) in [6.07, 6.45) is 1.70. The summed E-state index contributed by atoms with van der Waals surface area (Å²) in [5.74, 6) is 1.31. The fourth-order valence-corrected chi connectivity index (χ4v) is 1.79. The molecule has 0 radical (unpaired) electrons. The Labute approximate surface area is 83.9 Å². The molecule has 1 unspecified atom stereocenters. The van der Waals surface area contributed by atoms with Gasteiger partial charge in [-0.2, -0.15) is 0 Å². The Kier molecular flexibility index (Phi) is 2.53. The molecule has 1 fully saturated rings. The zero-order valence-corrected chi connectivity index (χ0v) is 8.32. The monoisotopic (exact) mass is 190 g/mol. The van der Waals surface area contributed by atoms with Gasteiger partial charge in [0.05, 0.1) is 6.61 Å². The van der Waals surface area contributed by atoms with Gasteiger partial charge in [-0.1, -0.05) is 18.2 Å². The van der Waals surface area contributed by atoms with E-state index in [-0.39, 0.29) is 5.92 Å². The lowest BCUT2D eigenvalue weighted by Gasteiger charge is -2.25. The van der Waals surface area contributed by atoms with E-state index in [1.165, 1.54) is 0 Å². The van der Waals surface area contributed by atoms with Crippen LogP contribution >= 0.6 is 0 Å². The third-order valence-electron chi connectivity index (χ3n) is 2.66. The van der Waals surface area contributed by atoms with E-state index in [0.717, 1.165) is 24.2 Å². The van der Waals surface area contributed by atoms with Crippen LogP contribution in [0.2, 0.25) is 0 Å². The van der Waals surface area contributed by atoms with Crippen LogP contribution in [0.1, 0.15) is 31.2 Å². The first-order valence-electron chi connectivity index (χ1n) is 5.07. The average molecular weight is 190 g/mol. The Balaban J connectivity index is 2.26. The number of ketones is 1. The first-order valence-corrected chi connectivity index (χ1v) is 5.07. The number of rotatable bonds is 3. The molecule has 74 valence electrons. The molecule has 2 nitrogen and oxygen atoms in total. The Morgan fingerprint density at radius 3 is 2.79 bits per heavy atom. The lowest BCUT2D eigenvalue weighted by Crippen LogP contribution is -2.23. The van der Waals surface area contributed by atoms with Gasteiger partial charge < -0.3 is 4.74 Å². The number of carbonyl (C=O) groups is 1. The number of para-hydroxylation sites is 1. The number of hydrogen-bond donors (Lipinski definition) is 0. The van der Waals surface area contributed by atoms with Gasteiger partial charge in [-0.3, -0.25) is 4.79 Å². The number of Topliss-reactive ketones (excluding diaryl/α,β-unsaturated/α-hetero) is 1. The second-order valence-electron chi connectivity index (χ2n) is 3.53. The van der Waals surface area contributed by atoms with Crippen LogP contribution in [0.4, 0.5) is 0 Å². The molecule has 14 heavy (non-hydrogen) atoms. The molecular formula is C12H14O2. The SMILES string of the molecule is CCOc1ccccc1C1CCC1=O. The molecule has 0 aromatic heterocycles. The predicted molar refractivity (Wildman–Crippen MR) is 54.6 cm³/mol. The maximum Gasteiger partial charge on any atom is 0.140 e. The summed E-state index contributed by atoms with van der Waals surface area (Å²) >= 11 is 0. The quantitative estimate of drug-likeness (QED) is 0.732. The minimum atomic E-state index is 0.0951. The van der Waals surface area contributed by atoms with Crippen LogP contribution in [-0.2, 0) is 4.79 Å². The number of carbonyl (C=O) groups excluding carboxylic acids is 1. The molecule has 2 heteroatoms. The van der Waals surface area contributed by atoms with Gasteiger partial charge in [-0.25, -0.2) is 0 Å². The summed E-state index contributed by atoms with van der Waals surface area (Å²) in [5.41, 5.74) is 1.06. The average Bonchev–Trinajstić information content (AvgIpc) is 2.19. The Hall–Kier alpha value is -1.31. The Morgan fingerprint density at radius 2 is 2.21 bits per heavy atom. The highest BCUT2D eigenvalue weighted by molar-refractivity contribution is 5.91. The van der Waals surface area contributed by atoms with Crippen LogP contribution in [0, 0.1) is 0 Å². The largest absolute Gasteiger partial charge is 0.494 e. The van der Waals surface area contributed by atoms with E-state index in [1.54, 1.807) is 0 Å². The van der Waals surface area contributed by atoms with Crippen molar-refractivity contribution in [2.45, 2.75) is 25.7 Å². The van der Waals surface area contributed by atoms with Gasteiger partial charge in [0.15, 0.2) is 0 Å². The molecule has 0 aliphatic heterocycles. The van der Waals surface area contributed by atoms with E-state index in [1.807, 2.05) is 31.2 Å². The van der Waals surface area contributed by atoms with Crippen molar-refractivity contribution in [3.05, 3.63) is 29.8 Å². The van der Waals surface area contributed by atoms with Crippen molar-refractivity contribution in [3.63, 3.8) is 0 Å². The molecule has 0 amide bonds. The van der Waals surface area contributed by atoms with Gasteiger partial charge in [0.25, 0.3) is 0 Å². The van der Waals surface area contributed by atoms with Crippen LogP contribution in [0.5, 0.6) is 5.75 Å². The molecule has 0 heterocycles. The van der Waals surface area contributed by atoms with Crippen LogP contribution in [-0.4, -0.2) is 12.4 Å². The number of ether oxygens (including phenoxy) is 1. The zero-order chi connectivity index (χ0) is 9.97. The fraction of sp³-hybridized carbons (Fsp3) is 0.417. The van der Waals surface area contributed by atoms with Gasteiger partial charge in [0, 0.05) is 17.9 Å². The van der Waals surface area contributed by atoms with E-state index in [0.29, 0.717) is 12.4 Å². The molecule has 0 bridgehead atoms. The summed E-state index contributed by atoms with van der Waals surface area (Å²) in [6.45, 7) is 2.61. The summed E-state index contributed by atoms with van der Waals surface area (Å²) in [5, 5.41) is 0. The zero-order valence-electron chi connectivity index (χ0n) is 8.32. The molecule has 1 aliphatic carbocycles. The third-order valence-corrected chi connectivity index (χ3v) is 2.66. The van der Waals surface area contributed by atoms with Crippen molar-refractivity contribution in [1.29, 1.82) is 0 Å². The molecule has 1 aliphatic rings. The second kappa shape index (κ2) is 3.82. The van der Waals surface area contributed by atoms with Gasteiger partial charge in [0.1, 0.15) is 11.5 Å². The minimum Gasteiger partial charge on any atom is -0.494 e. The highest BCUT2D eigenvalue weighted by atomic mass is 16.5. The van der Waals surface area contributed by atoms with Crippen molar-refractivity contribution in [2.75, 3.05) is 6.61 Å². The van der Waals surface area contributed by atoms with E-state index < -0.39 is 0 Å². The summed E-state index contributed by atoms with van der Waals surface area (Å²) in [7, 11) is 0. The van der Waals surface area contributed by atoms with E-state index in [9.17, 15) is 4.79 Å². The lowest BCUT2D eigenvalue weighted by molar-refractivity contribution is -0.125. The van der Waals surface area contributed by atoms with Crippen molar-refractivity contribution in [2.24, 2.45) is 0 Å². The molecule has 1 atom stereocenters. The molecule has 0 spiro atoms. The van der Waals surface area contributed by atoms with E-state index in [4.69, 9.17) is 4.74 Å². The molecule has 0 N–H and O–H groups in total. The molecular weight excluding hydrogens is 176 g/mol. The fourth-order valence-electron chi connectivity index (χ4n) is 1.79. The normalized spacial score (nSPS) is 20.4. The molecule has 2 rings (SSSR count). The standard InChI is InChI=1S/C12H14O2/c1-2-14-12-6-4-3-5-10(12)9-7-8-11(9)13/h3-6,9H,2,7-8H2,1H3. The third kappa shape index (κ3) is 1.52. The van der Waals surface area contributed by atoms with Gasteiger partial charge in [-0.15, -0.1) is 0 Å². The number of hydrogen-bond acceptors (Lipinski definition) is 2. The minimum absolute atomic E-state index is 0.0951. The van der Waals surface area contributed by atoms with Crippen LogP contribution in [0.3, 0.4) is 0 Å². The number of benzene rings is 1. The highest BCUT2D eigenvalue weighted by Crippen LogP contribution is 2.37. The first kappa shape index (κ1) is 9.25. The molecule has 0 saturated heterocycles. The maximum atomic E-state index is 11.3. The van der Waals surface area contributed by atoms with Crippen molar-refractivity contribution in [1.82, 2.24) is 0 Å². The summed E-state index contributed by atoms with van der Waals surface area (Å²) < 4.78 is 5.49. The topological polar surface area (TPSA) is 26.3 Å². The van der Waals surface area contributed by atoms with E-state index in [2.05, 4.69) is 0 Å². The summed E-state index contributed by atoms with van der Waals surface area (Å²) in [4.78, 5) is 11.3. The van der Waals surface area contributed by atoms with Gasteiger partial charge in [0.2, 0.25) is 0 Å². The molecule has 1 aromatic rings. The van der Waals surface area contributed by atoms with Crippen LogP contribution < -0.4 is 4.74 Å². The van der Waals surface area contributed by atoms with Crippen LogP contribution in [0.25, 0.3) is 0 Å². The van der Waals surface area contributed by atoms with Crippen LogP contribution in [0.15, 0.2) is 24.3 Å². The van der Waals surface area contributed by atoms with Crippen molar-refractivity contribution >= 4 is 5.78 Å². The Morgan fingerprint density at radius 1 is 1.43 bits per heavy atom. The molecule has 1 aromatic carbocycles. The van der Waals surface area contributed by atoms with Crippen molar-refractivity contribution in [3.8, 4) is 5.75 Å². The molecule has 1 saturated carbocycles. The Bertz CT molecular complexity index is 344. The first-order chi connectivity index (χ1) is 6.83. The lowest BCUT2D eigenvalue weighted by atomic mass is 9.78. The maximum absolute atomic E-state index is 11.3. The second-order valence-corrected chi connectivity index (χ2v) is 3.53. The smallest absolute Gasteiger partial charge is 0.140 e. The highest BCUT2D eigenvalue weighted by Gasteiger charge is 2.31. The predicted octanol–water partition coefficient (Wildman–Crippen LogP) is 2.53. The summed E-state index contributed by atoms with van der Waals surface area (Å²) in [6, 6.07) is 7.83.